The van der Waals surface area contributed by atoms with Gasteiger partial charge in [-0.3, -0.25) is 0 Å². The number of allylic oxidation sites excluding steroid dienone is 1. The summed E-state index contributed by atoms with van der Waals surface area (Å²) >= 11 is 7.84. The number of furan rings is 1. The first kappa shape index (κ1) is 24.1. The van der Waals surface area contributed by atoms with Crippen LogP contribution in [0.1, 0.15) is 60.9 Å². The minimum Gasteiger partial charge on any atom is -0.466 e. The molecule has 1 aliphatic rings. The van der Waals surface area contributed by atoms with Crippen LogP contribution in [0, 0.1) is 6.92 Å². The zero-order valence-corrected chi connectivity index (χ0v) is 21.1. The number of likely N-dealkylation sites (tertiary alicyclic amines) is 1. The van der Waals surface area contributed by atoms with Crippen molar-refractivity contribution in [3.8, 4) is 0 Å². The van der Waals surface area contributed by atoms with Gasteiger partial charge >= 0.3 is 0 Å². The first-order chi connectivity index (χ1) is 16.0. The van der Waals surface area contributed by atoms with E-state index in [0.29, 0.717) is 11.8 Å². The number of thioether (sulfide) groups is 1. The Bertz CT molecular complexity index is 1050. The molecule has 1 unspecified atom stereocenters. The monoisotopic (exact) mass is 484 g/mol. The maximum Gasteiger partial charge on any atom is 0.191 e. The molecule has 0 N–H and O–H groups in total. The van der Waals surface area contributed by atoms with E-state index >= 15 is 0 Å². The summed E-state index contributed by atoms with van der Waals surface area (Å²) in [5.41, 5.74) is 1.19. The average Bonchev–Trinajstić information content (AvgIpc) is 3.43. The number of hydrogen-bond donors (Lipinski definition) is 0. The highest BCUT2D eigenvalue weighted by Gasteiger charge is 2.26. The Balaban J connectivity index is 1.32. The van der Waals surface area contributed by atoms with Crippen LogP contribution in [-0.2, 0) is 12.3 Å². The van der Waals surface area contributed by atoms with Crippen LogP contribution in [0.5, 0.6) is 0 Å². The smallest absolute Gasteiger partial charge is 0.191 e. The summed E-state index contributed by atoms with van der Waals surface area (Å²) in [5, 5.41) is 10.9. The molecule has 1 aromatic carbocycles. The van der Waals surface area contributed by atoms with Crippen molar-refractivity contribution in [2.75, 3.05) is 19.6 Å². The van der Waals surface area contributed by atoms with E-state index in [9.17, 15) is 0 Å². The van der Waals surface area contributed by atoms with Crippen molar-refractivity contribution in [2.24, 2.45) is 0 Å². The Morgan fingerprint density at radius 3 is 2.76 bits per heavy atom. The van der Waals surface area contributed by atoms with Gasteiger partial charge in [-0.1, -0.05) is 48.5 Å². The third-order valence-corrected chi connectivity index (χ3v) is 7.67. The molecule has 3 aromatic rings. The molecule has 33 heavy (non-hydrogen) atoms. The Morgan fingerprint density at radius 1 is 1.24 bits per heavy atom. The maximum absolute atomic E-state index is 6.13. The SMILES string of the molecule is C=CCn1c(SCc2cccc(Cl)c2)nnc1C1CCN(CCC(C)c2ccc(C)o2)CC1. The van der Waals surface area contributed by atoms with Crippen molar-refractivity contribution in [3.63, 3.8) is 0 Å². The van der Waals surface area contributed by atoms with Gasteiger partial charge in [-0.25, -0.2) is 0 Å². The van der Waals surface area contributed by atoms with Gasteiger partial charge in [-0.2, -0.15) is 0 Å². The fraction of sp³-hybridized carbons (Fsp3) is 0.462. The molecule has 1 aliphatic heterocycles. The van der Waals surface area contributed by atoms with Gasteiger partial charge in [0.15, 0.2) is 5.16 Å². The highest BCUT2D eigenvalue weighted by atomic mass is 35.5. The number of nitrogens with zero attached hydrogens (tertiary/aromatic N) is 4. The first-order valence-electron chi connectivity index (χ1n) is 11.7. The summed E-state index contributed by atoms with van der Waals surface area (Å²) in [4.78, 5) is 2.58. The van der Waals surface area contributed by atoms with Crippen molar-refractivity contribution in [2.45, 2.75) is 62.4 Å². The summed E-state index contributed by atoms with van der Waals surface area (Å²) < 4.78 is 8.04. The number of rotatable bonds is 10. The molecule has 4 rings (SSSR count). The third kappa shape index (κ3) is 6.31. The van der Waals surface area contributed by atoms with E-state index in [1.54, 1.807) is 11.8 Å². The number of halogens is 1. The number of aryl methyl sites for hydroxylation is 1. The highest BCUT2D eigenvalue weighted by molar-refractivity contribution is 7.98. The van der Waals surface area contributed by atoms with Crippen LogP contribution in [0.15, 0.2) is 58.6 Å². The van der Waals surface area contributed by atoms with Gasteiger partial charge in [-0.05, 0) is 75.6 Å². The van der Waals surface area contributed by atoms with Crippen LogP contribution in [0.25, 0.3) is 0 Å². The van der Waals surface area contributed by atoms with E-state index in [0.717, 1.165) is 78.7 Å². The van der Waals surface area contributed by atoms with Gasteiger partial charge in [0.1, 0.15) is 17.3 Å². The molecule has 1 fully saturated rings. The lowest BCUT2D eigenvalue weighted by Crippen LogP contribution is -2.34. The molecule has 0 aliphatic carbocycles. The normalized spacial score (nSPS) is 16.2. The Kier molecular flexibility index (Phi) is 8.34. The summed E-state index contributed by atoms with van der Waals surface area (Å²) in [6.07, 6.45) is 5.28. The summed E-state index contributed by atoms with van der Waals surface area (Å²) in [6, 6.07) is 12.2. The Hall–Kier alpha value is -2.02. The molecule has 0 radical (unpaired) electrons. The molecular formula is C26H33ClN4OS. The standard InChI is InChI=1S/C26H33ClN4OS/c1-4-13-31-25(28-29-26(31)33-18-21-6-5-7-23(27)17-21)22-11-15-30(16-12-22)14-10-19(2)24-9-8-20(3)32-24/h4-9,17,19,22H,1,10-16,18H2,2-3H3. The Labute approximate surface area is 206 Å². The molecule has 2 aromatic heterocycles. The average molecular weight is 485 g/mol. The fourth-order valence-electron chi connectivity index (χ4n) is 4.44. The second kappa shape index (κ2) is 11.4. The van der Waals surface area contributed by atoms with Crippen molar-refractivity contribution in [1.82, 2.24) is 19.7 Å². The molecule has 176 valence electrons. The van der Waals surface area contributed by atoms with Gasteiger partial charge in [-0.15, -0.1) is 16.8 Å². The van der Waals surface area contributed by atoms with Gasteiger partial charge in [0, 0.05) is 29.2 Å². The predicted molar refractivity (Wildman–Crippen MR) is 136 cm³/mol. The van der Waals surface area contributed by atoms with E-state index in [4.69, 9.17) is 16.0 Å². The van der Waals surface area contributed by atoms with E-state index in [-0.39, 0.29) is 0 Å². The number of benzene rings is 1. The lowest BCUT2D eigenvalue weighted by atomic mass is 9.95. The zero-order chi connectivity index (χ0) is 23.2. The van der Waals surface area contributed by atoms with Crippen molar-refractivity contribution < 1.29 is 4.42 Å². The summed E-state index contributed by atoms with van der Waals surface area (Å²) in [5.74, 6) is 4.91. The number of aromatic nitrogens is 3. The van der Waals surface area contributed by atoms with E-state index in [1.165, 1.54) is 5.56 Å². The number of piperidine rings is 1. The lowest BCUT2D eigenvalue weighted by Gasteiger charge is -2.32. The lowest BCUT2D eigenvalue weighted by molar-refractivity contribution is 0.200. The van der Waals surface area contributed by atoms with Crippen molar-refractivity contribution >= 4 is 23.4 Å². The predicted octanol–water partition coefficient (Wildman–Crippen LogP) is 6.68. The molecule has 5 nitrogen and oxygen atoms in total. The molecule has 1 saturated heterocycles. The summed E-state index contributed by atoms with van der Waals surface area (Å²) in [7, 11) is 0. The van der Waals surface area contributed by atoms with Crippen LogP contribution >= 0.6 is 23.4 Å². The fourth-order valence-corrected chi connectivity index (χ4v) is 5.55. The summed E-state index contributed by atoms with van der Waals surface area (Å²) in [6.45, 7) is 12.3. The minimum absolute atomic E-state index is 0.444. The molecular weight excluding hydrogens is 452 g/mol. The second-order valence-corrected chi connectivity index (χ2v) is 10.3. The largest absolute Gasteiger partial charge is 0.466 e. The van der Waals surface area contributed by atoms with E-state index in [2.05, 4.69) is 51.4 Å². The molecule has 0 spiro atoms. The molecule has 7 heteroatoms. The zero-order valence-electron chi connectivity index (χ0n) is 19.5. The van der Waals surface area contributed by atoms with E-state index in [1.807, 2.05) is 31.2 Å². The van der Waals surface area contributed by atoms with Crippen LogP contribution in [-0.4, -0.2) is 39.3 Å². The van der Waals surface area contributed by atoms with Crippen LogP contribution in [0.4, 0.5) is 0 Å². The first-order valence-corrected chi connectivity index (χ1v) is 13.1. The van der Waals surface area contributed by atoms with Gasteiger partial charge in [0.2, 0.25) is 0 Å². The minimum atomic E-state index is 0.444. The topological polar surface area (TPSA) is 47.1 Å². The van der Waals surface area contributed by atoms with Crippen molar-refractivity contribution in [3.05, 3.63) is 77.0 Å². The van der Waals surface area contributed by atoms with Crippen molar-refractivity contribution in [1.29, 1.82) is 0 Å². The molecule has 0 amide bonds. The van der Waals surface area contributed by atoms with Gasteiger partial charge < -0.3 is 13.9 Å². The molecule has 0 saturated carbocycles. The van der Waals surface area contributed by atoms with Crippen LogP contribution < -0.4 is 0 Å². The third-order valence-electron chi connectivity index (χ3n) is 6.39. The second-order valence-electron chi connectivity index (χ2n) is 8.91. The van der Waals surface area contributed by atoms with Crippen LogP contribution in [0.2, 0.25) is 5.02 Å². The van der Waals surface area contributed by atoms with E-state index < -0.39 is 0 Å². The van der Waals surface area contributed by atoms with Gasteiger partial charge in [0.05, 0.1) is 0 Å². The Morgan fingerprint density at radius 2 is 2.06 bits per heavy atom. The molecule has 3 heterocycles. The highest BCUT2D eigenvalue weighted by Crippen LogP contribution is 2.31. The van der Waals surface area contributed by atoms with Crippen LogP contribution in [0.3, 0.4) is 0 Å². The molecule has 1 atom stereocenters. The maximum atomic E-state index is 6.13. The van der Waals surface area contributed by atoms with Gasteiger partial charge in [0.25, 0.3) is 0 Å². The number of hydrogen-bond acceptors (Lipinski definition) is 5. The quantitative estimate of drug-likeness (QED) is 0.237. The molecule has 0 bridgehead atoms.